The number of amides is 2. The summed E-state index contributed by atoms with van der Waals surface area (Å²) in [4.78, 5) is 25.7. The van der Waals surface area contributed by atoms with Crippen molar-refractivity contribution in [1.29, 1.82) is 0 Å². The van der Waals surface area contributed by atoms with Crippen LogP contribution in [-0.4, -0.2) is 18.1 Å². The van der Waals surface area contributed by atoms with Crippen molar-refractivity contribution in [3.63, 3.8) is 0 Å². The third-order valence-corrected chi connectivity index (χ3v) is 5.67. The lowest BCUT2D eigenvalue weighted by Gasteiger charge is -2.19. The summed E-state index contributed by atoms with van der Waals surface area (Å²) in [6.45, 7) is 1.67. The summed E-state index contributed by atoms with van der Waals surface area (Å²) >= 11 is 5.82. The summed E-state index contributed by atoms with van der Waals surface area (Å²) in [5, 5.41) is 5.07. The highest BCUT2D eigenvalue weighted by atomic mass is 35.5. The Bertz CT molecular complexity index is 1380. The average Bonchev–Trinajstić information content (AvgIpc) is 3.24. The Hall–Kier alpha value is -3.79. The number of rotatable bonds is 3. The van der Waals surface area contributed by atoms with E-state index in [1.165, 1.54) is 24.3 Å². The standard InChI is InChI=1S/C23H13ClF4N2O4/c1-9-2-3-12(25)7-14(9)19-17-15(29-21(31)10-4-11(24)6-13(26)5-10)8-16-20(18(17)22(32)30-19)34-23(27,28)33-16/h2-8,19H,1H3,(H,29,31)(H,30,32). The van der Waals surface area contributed by atoms with Crippen LogP contribution in [0.1, 0.15) is 43.4 Å². The van der Waals surface area contributed by atoms with Crippen molar-refractivity contribution in [2.45, 2.75) is 19.3 Å². The number of aryl methyl sites for hydroxylation is 1. The van der Waals surface area contributed by atoms with Crippen LogP contribution in [0.25, 0.3) is 0 Å². The maximum Gasteiger partial charge on any atom is 0.586 e. The summed E-state index contributed by atoms with van der Waals surface area (Å²) < 4.78 is 64.5. The van der Waals surface area contributed by atoms with Crippen LogP contribution < -0.4 is 20.1 Å². The number of alkyl halides is 2. The molecule has 1 atom stereocenters. The van der Waals surface area contributed by atoms with E-state index in [0.29, 0.717) is 11.1 Å². The maximum atomic E-state index is 14.0. The largest absolute Gasteiger partial charge is 0.586 e. The van der Waals surface area contributed by atoms with Gasteiger partial charge < -0.3 is 20.1 Å². The van der Waals surface area contributed by atoms with Gasteiger partial charge in [-0.2, -0.15) is 0 Å². The molecule has 34 heavy (non-hydrogen) atoms. The van der Waals surface area contributed by atoms with Gasteiger partial charge in [0.15, 0.2) is 11.5 Å². The van der Waals surface area contributed by atoms with E-state index in [9.17, 15) is 27.2 Å². The molecule has 3 aromatic carbocycles. The molecule has 1 unspecified atom stereocenters. The number of benzene rings is 3. The minimum atomic E-state index is -4.04. The molecule has 0 saturated carbocycles. The van der Waals surface area contributed by atoms with Gasteiger partial charge in [0.05, 0.1) is 17.3 Å². The molecule has 0 spiro atoms. The van der Waals surface area contributed by atoms with E-state index < -0.39 is 47.3 Å². The fraction of sp³-hybridized carbons (Fsp3) is 0.130. The molecule has 6 nitrogen and oxygen atoms in total. The first-order valence-corrected chi connectivity index (χ1v) is 10.2. The fourth-order valence-electron chi connectivity index (χ4n) is 4.04. The van der Waals surface area contributed by atoms with Gasteiger partial charge in [0.25, 0.3) is 11.8 Å². The molecule has 2 N–H and O–H groups in total. The van der Waals surface area contributed by atoms with Crippen molar-refractivity contribution in [3.8, 4) is 11.5 Å². The van der Waals surface area contributed by atoms with Crippen molar-refractivity contribution in [2.75, 3.05) is 5.32 Å². The second kappa shape index (κ2) is 7.63. The first-order valence-electron chi connectivity index (χ1n) is 9.83. The zero-order chi connectivity index (χ0) is 24.4. The Labute approximate surface area is 194 Å². The van der Waals surface area contributed by atoms with Crippen LogP contribution >= 0.6 is 11.6 Å². The minimum Gasteiger partial charge on any atom is -0.395 e. The van der Waals surface area contributed by atoms with Crippen molar-refractivity contribution < 1.29 is 36.6 Å². The predicted octanol–water partition coefficient (Wildman–Crippen LogP) is 5.33. The zero-order valence-electron chi connectivity index (χ0n) is 17.1. The molecule has 0 fully saturated rings. The summed E-state index contributed by atoms with van der Waals surface area (Å²) in [6.07, 6.45) is -4.04. The Morgan fingerprint density at radius 2 is 1.85 bits per heavy atom. The summed E-state index contributed by atoms with van der Waals surface area (Å²) in [6, 6.07) is 7.11. The van der Waals surface area contributed by atoms with E-state index in [0.717, 1.165) is 18.2 Å². The molecule has 0 aromatic heterocycles. The topological polar surface area (TPSA) is 76.7 Å². The first kappa shape index (κ1) is 22.0. The quantitative estimate of drug-likeness (QED) is 0.484. The molecule has 2 aliphatic heterocycles. The zero-order valence-corrected chi connectivity index (χ0v) is 17.9. The molecule has 0 radical (unpaired) electrons. The van der Waals surface area contributed by atoms with E-state index >= 15 is 0 Å². The molecule has 0 saturated heterocycles. The molecule has 174 valence electrons. The van der Waals surface area contributed by atoms with Crippen molar-refractivity contribution >= 4 is 29.1 Å². The third kappa shape index (κ3) is 3.69. The highest BCUT2D eigenvalue weighted by Crippen LogP contribution is 2.51. The lowest BCUT2D eigenvalue weighted by Crippen LogP contribution is -2.26. The lowest BCUT2D eigenvalue weighted by molar-refractivity contribution is -0.286. The van der Waals surface area contributed by atoms with Crippen LogP contribution in [0.3, 0.4) is 0 Å². The number of carbonyl (C=O) groups excluding carboxylic acids is 2. The van der Waals surface area contributed by atoms with Gasteiger partial charge in [0, 0.05) is 22.2 Å². The first-order chi connectivity index (χ1) is 16.0. The van der Waals surface area contributed by atoms with Gasteiger partial charge >= 0.3 is 6.29 Å². The van der Waals surface area contributed by atoms with Crippen molar-refractivity contribution in [1.82, 2.24) is 5.32 Å². The van der Waals surface area contributed by atoms with Crippen LogP contribution in [0.5, 0.6) is 11.5 Å². The SMILES string of the molecule is Cc1ccc(F)cc1C1NC(=O)c2c3c(cc(NC(=O)c4cc(F)cc(Cl)c4)c21)OC(F)(F)O3. The monoisotopic (exact) mass is 492 g/mol. The number of fused-ring (bicyclic) bond motifs is 3. The lowest BCUT2D eigenvalue weighted by atomic mass is 9.92. The number of carbonyl (C=O) groups is 2. The van der Waals surface area contributed by atoms with Gasteiger partial charge in [-0.15, -0.1) is 8.78 Å². The Morgan fingerprint density at radius 1 is 1.09 bits per heavy atom. The molecule has 0 aliphatic carbocycles. The highest BCUT2D eigenvalue weighted by Gasteiger charge is 2.49. The van der Waals surface area contributed by atoms with E-state index in [1.54, 1.807) is 6.92 Å². The van der Waals surface area contributed by atoms with Crippen LogP contribution in [0.2, 0.25) is 5.02 Å². The van der Waals surface area contributed by atoms with Gasteiger partial charge in [0.1, 0.15) is 11.6 Å². The molecule has 0 bridgehead atoms. The number of hydrogen-bond donors (Lipinski definition) is 2. The van der Waals surface area contributed by atoms with Gasteiger partial charge in [-0.05, 0) is 48.4 Å². The Morgan fingerprint density at radius 3 is 2.59 bits per heavy atom. The Balaban J connectivity index is 1.67. The van der Waals surface area contributed by atoms with Gasteiger partial charge in [-0.25, -0.2) is 8.78 Å². The van der Waals surface area contributed by atoms with Crippen LogP contribution in [0.4, 0.5) is 23.2 Å². The fourth-order valence-corrected chi connectivity index (χ4v) is 4.26. The summed E-state index contributed by atoms with van der Waals surface area (Å²) in [5.74, 6) is -3.97. The predicted molar refractivity (Wildman–Crippen MR) is 112 cm³/mol. The molecule has 2 amide bonds. The van der Waals surface area contributed by atoms with E-state index in [1.807, 2.05) is 0 Å². The van der Waals surface area contributed by atoms with E-state index in [2.05, 4.69) is 20.1 Å². The number of halogens is 5. The molecule has 2 heterocycles. The highest BCUT2D eigenvalue weighted by molar-refractivity contribution is 6.31. The number of nitrogens with one attached hydrogen (secondary N) is 2. The van der Waals surface area contributed by atoms with Gasteiger partial charge in [0.2, 0.25) is 0 Å². The third-order valence-electron chi connectivity index (χ3n) is 5.45. The maximum absolute atomic E-state index is 14.0. The number of hydrogen-bond acceptors (Lipinski definition) is 4. The van der Waals surface area contributed by atoms with Crippen LogP contribution in [0, 0.1) is 18.6 Å². The van der Waals surface area contributed by atoms with Gasteiger partial charge in [-0.1, -0.05) is 17.7 Å². The van der Waals surface area contributed by atoms with Crippen molar-refractivity contribution in [3.05, 3.63) is 86.9 Å². The average molecular weight is 493 g/mol. The second-order valence-corrected chi connectivity index (χ2v) is 8.16. The number of ether oxygens (including phenoxy) is 2. The van der Waals surface area contributed by atoms with Crippen LogP contribution in [0.15, 0.2) is 42.5 Å². The second-order valence-electron chi connectivity index (χ2n) is 7.73. The minimum absolute atomic E-state index is 0.0363. The molecule has 2 aliphatic rings. The Kier molecular flexibility index (Phi) is 4.94. The smallest absolute Gasteiger partial charge is 0.395 e. The van der Waals surface area contributed by atoms with Crippen LogP contribution in [-0.2, 0) is 0 Å². The number of anilines is 1. The summed E-state index contributed by atoms with van der Waals surface area (Å²) in [5.41, 5.74) is 0.453. The van der Waals surface area contributed by atoms with Crippen molar-refractivity contribution in [2.24, 2.45) is 0 Å². The molecule has 5 rings (SSSR count). The molecular formula is C23H13ClF4N2O4. The van der Waals surface area contributed by atoms with E-state index in [4.69, 9.17) is 11.6 Å². The normalized spacial score (nSPS) is 17.4. The molecular weight excluding hydrogens is 480 g/mol. The summed E-state index contributed by atoms with van der Waals surface area (Å²) in [7, 11) is 0. The van der Waals surface area contributed by atoms with E-state index in [-0.39, 0.29) is 27.4 Å². The van der Waals surface area contributed by atoms with Gasteiger partial charge in [-0.3, -0.25) is 9.59 Å². The molecule has 11 heteroatoms. The molecule has 3 aromatic rings.